The van der Waals surface area contributed by atoms with Gasteiger partial charge in [0.15, 0.2) is 0 Å². The Balaban J connectivity index is 1.59. The van der Waals surface area contributed by atoms with Crippen molar-refractivity contribution in [1.82, 2.24) is 14.8 Å². The summed E-state index contributed by atoms with van der Waals surface area (Å²) in [5.74, 6) is 0.335. The van der Waals surface area contributed by atoms with Crippen LogP contribution >= 0.6 is 0 Å². The Morgan fingerprint density at radius 1 is 1.18 bits per heavy atom. The number of carbonyl (C=O) groups excluding carboxylic acids is 1. The van der Waals surface area contributed by atoms with Crippen LogP contribution in [-0.2, 0) is 11.2 Å². The summed E-state index contributed by atoms with van der Waals surface area (Å²) in [6.07, 6.45) is 9.95. The molecule has 1 aromatic heterocycles. The van der Waals surface area contributed by atoms with Gasteiger partial charge in [-0.25, -0.2) is 0 Å². The lowest BCUT2D eigenvalue weighted by molar-refractivity contribution is -0.133. The minimum atomic E-state index is 0.335. The molecule has 0 N–H and O–H groups in total. The summed E-state index contributed by atoms with van der Waals surface area (Å²) in [5.41, 5.74) is 1.20. The molecule has 1 amide bonds. The van der Waals surface area contributed by atoms with Crippen LogP contribution in [0.3, 0.4) is 0 Å². The van der Waals surface area contributed by atoms with Crippen LogP contribution in [0, 0.1) is 0 Å². The van der Waals surface area contributed by atoms with Crippen LogP contribution in [0.5, 0.6) is 0 Å². The van der Waals surface area contributed by atoms with E-state index in [0.717, 1.165) is 19.5 Å². The molecule has 1 aromatic rings. The number of hydrogen-bond acceptors (Lipinski definition) is 3. The molecule has 3 rings (SSSR count). The van der Waals surface area contributed by atoms with Gasteiger partial charge in [0.05, 0.1) is 0 Å². The fourth-order valence-corrected chi connectivity index (χ4v) is 4.13. The minimum absolute atomic E-state index is 0.335. The summed E-state index contributed by atoms with van der Waals surface area (Å²) < 4.78 is 0. The van der Waals surface area contributed by atoms with Gasteiger partial charge in [-0.2, -0.15) is 0 Å². The highest BCUT2D eigenvalue weighted by Gasteiger charge is 2.38. The van der Waals surface area contributed by atoms with Crippen molar-refractivity contribution < 1.29 is 4.79 Å². The number of aryl methyl sites for hydroxylation is 1. The van der Waals surface area contributed by atoms with Crippen molar-refractivity contribution in [2.24, 2.45) is 0 Å². The lowest BCUT2D eigenvalue weighted by Crippen LogP contribution is -2.48. The molecule has 0 saturated carbocycles. The summed E-state index contributed by atoms with van der Waals surface area (Å²) >= 11 is 0. The van der Waals surface area contributed by atoms with E-state index in [2.05, 4.69) is 21.7 Å². The molecule has 0 spiro atoms. The van der Waals surface area contributed by atoms with Gasteiger partial charge in [-0.3, -0.25) is 14.7 Å². The van der Waals surface area contributed by atoms with Crippen molar-refractivity contribution in [3.63, 3.8) is 0 Å². The Morgan fingerprint density at radius 2 is 1.91 bits per heavy atom. The van der Waals surface area contributed by atoms with Gasteiger partial charge in [0.1, 0.15) is 0 Å². The molecule has 120 valence electrons. The number of pyridine rings is 1. The number of hydrogen-bond donors (Lipinski definition) is 0. The third-order valence-corrected chi connectivity index (χ3v) is 5.26. The standard InChI is InChI=1S/C18H27N3O/c1-2-20-13-3-5-16(20)17-6-4-14-21(17)18(22)8-7-15-9-11-19-12-10-15/h9-12,16-17H,2-8,13-14H2,1H3. The number of likely N-dealkylation sites (tertiary alicyclic amines) is 2. The van der Waals surface area contributed by atoms with E-state index in [-0.39, 0.29) is 0 Å². The molecular weight excluding hydrogens is 274 g/mol. The van der Waals surface area contributed by atoms with E-state index < -0.39 is 0 Å². The maximum Gasteiger partial charge on any atom is 0.223 e. The molecule has 2 aliphatic rings. The predicted molar refractivity (Wildman–Crippen MR) is 87.6 cm³/mol. The molecule has 2 fully saturated rings. The Kier molecular flexibility index (Phi) is 5.08. The molecule has 3 heterocycles. The lowest BCUT2D eigenvalue weighted by Gasteiger charge is -2.34. The summed E-state index contributed by atoms with van der Waals surface area (Å²) in [5, 5.41) is 0. The van der Waals surface area contributed by atoms with Crippen LogP contribution < -0.4 is 0 Å². The van der Waals surface area contributed by atoms with Gasteiger partial charge in [-0.15, -0.1) is 0 Å². The van der Waals surface area contributed by atoms with Crippen molar-refractivity contribution in [3.8, 4) is 0 Å². The van der Waals surface area contributed by atoms with Crippen molar-refractivity contribution in [1.29, 1.82) is 0 Å². The first-order chi connectivity index (χ1) is 10.8. The molecule has 0 aliphatic carbocycles. The van der Waals surface area contributed by atoms with Crippen molar-refractivity contribution in [2.45, 2.75) is 57.5 Å². The maximum atomic E-state index is 12.7. The fourth-order valence-electron chi connectivity index (χ4n) is 4.13. The molecule has 0 aromatic carbocycles. The molecule has 2 saturated heterocycles. The number of nitrogens with zero attached hydrogens (tertiary/aromatic N) is 3. The van der Waals surface area contributed by atoms with Gasteiger partial charge in [0, 0.05) is 37.4 Å². The zero-order chi connectivity index (χ0) is 15.4. The van der Waals surface area contributed by atoms with Gasteiger partial charge < -0.3 is 4.90 Å². The summed E-state index contributed by atoms with van der Waals surface area (Å²) in [4.78, 5) is 21.5. The number of amides is 1. The first-order valence-electron chi connectivity index (χ1n) is 8.72. The van der Waals surface area contributed by atoms with E-state index in [4.69, 9.17) is 0 Å². The van der Waals surface area contributed by atoms with E-state index in [9.17, 15) is 4.79 Å². The Bertz CT molecular complexity index is 490. The van der Waals surface area contributed by atoms with E-state index in [1.54, 1.807) is 12.4 Å². The van der Waals surface area contributed by atoms with E-state index in [1.807, 2.05) is 12.1 Å². The number of rotatable bonds is 5. The van der Waals surface area contributed by atoms with Gasteiger partial charge in [-0.05, 0) is 62.9 Å². The number of likely N-dealkylation sites (N-methyl/N-ethyl adjacent to an activating group) is 1. The number of carbonyl (C=O) groups is 1. The summed E-state index contributed by atoms with van der Waals surface area (Å²) in [6.45, 7) is 5.51. The first kappa shape index (κ1) is 15.5. The molecular formula is C18H27N3O. The topological polar surface area (TPSA) is 36.4 Å². The average Bonchev–Trinajstić information content (AvgIpc) is 3.21. The molecule has 22 heavy (non-hydrogen) atoms. The van der Waals surface area contributed by atoms with Gasteiger partial charge in [0.2, 0.25) is 5.91 Å². The van der Waals surface area contributed by atoms with Gasteiger partial charge in [-0.1, -0.05) is 6.92 Å². The van der Waals surface area contributed by atoms with Crippen LogP contribution in [0.4, 0.5) is 0 Å². The molecule has 4 heteroatoms. The van der Waals surface area contributed by atoms with Crippen LogP contribution in [0.15, 0.2) is 24.5 Å². The van der Waals surface area contributed by atoms with Crippen LogP contribution in [0.1, 0.15) is 44.6 Å². The second-order valence-electron chi connectivity index (χ2n) is 6.49. The van der Waals surface area contributed by atoms with Gasteiger partial charge in [0.25, 0.3) is 0 Å². The van der Waals surface area contributed by atoms with E-state index in [0.29, 0.717) is 24.4 Å². The van der Waals surface area contributed by atoms with Crippen LogP contribution in [-0.4, -0.2) is 52.4 Å². The molecule has 2 atom stereocenters. The normalized spacial score (nSPS) is 25.8. The van der Waals surface area contributed by atoms with Crippen molar-refractivity contribution in [2.75, 3.05) is 19.6 Å². The quantitative estimate of drug-likeness (QED) is 0.838. The predicted octanol–water partition coefficient (Wildman–Crippen LogP) is 2.49. The number of aromatic nitrogens is 1. The van der Waals surface area contributed by atoms with Crippen molar-refractivity contribution in [3.05, 3.63) is 30.1 Å². The minimum Gasteiger partial charge on any atom is -0.338 e. The highest BCUT2D eigenvalue weighted by molar-refractivity contribution is 5.77. The lowest BCUT2D eigenvalue weighted by atomic mass is 10.0. The molecule has 0 radical (unpaired) electrons. The highest BCUT2D eigenvalue weighted by atomic mass is 16.2. The van der Waals surface area contributed by atoms with E-state index in [1.165, 1.54) is 37.8 Å². The fraction of sp³-hybridized carbons (Fsp3) is 0.667. The first-order valence-corrected chi connectivity index (χ1v) is 8.72. The monoisotopic (exact) mass is 301 g/mol. The Hall–Kier alpha value is -1.42. The van der Waals surface area contributed by atoms with E-state index >= 15 is 0 Å². The molecule has 2 unspecified atom stereocenters. The smallest absolute Gasteiger partial charge is 0.223 e. The largest absolute Gasteiger partial charge is 0.338 e. The maximum absolute atomic E-state index is 12.7. The van der Waals surface area contributed by atoms with Crippen LogP contribution in [0.2, 0.25) is 0 Å². The second kappa shape index (κ2) is 7.23. The third kappa shape index (κ3) is 3.32. The third-order valence-electron chi connectivity index (χ3n) is 5.26. The zero-order valence-corrected chi connectivity index (χ0v) is 13.6. The van der Waals surface area contributed by atoms with Gasteiger partial charge >= 0.3 is 0 Å². The Labute approximate surface area is 133 Å². The zero-order valence-electron chi connectivity index (χ0n) is 13.6. The highest BCUT2D eigenvalue weighted by Crippen LogP contribution is 2.30. The van der Waals surface area contributed by atoms with Crippen LogP contribution in [0.25, 0.3) is 0 Å². The molecule has 0 bridgehead atoms. The SMILES string of the molecule is CCN1CCCC1C1CCCN1C(=O)CCc1ccncc1. The summed E-state index contributed by atoms with van der Waals surface area (Å²) in [7, 11) is 0. The average molecular weight is 301 g/mol. The summed E-state index contributed by atoms with van der Waals surface area (Å²) in [6, 6.07) is 5.06. The molecule has 4 nitrogen and oxygen atoms in total. The Morgan fingerprint density at radius 3 is 2.68 bits per heavy atom. The molecule has 2 aliphatic heterocycles. The second-order valence-corrected chi connectivity index (χ2v) is 6.49. The van der Waals surface area contributed by atoms with Crippen molar-refractivity contribution >= 4 is 5.91 Å².